The number of hydrogen-bond donors (Lipinski definition) is 1. The number of nitrogens with zero attached hydrogens (tertiary/aromatic N) is 1. The van der Waals surface area contributed by atoms with Crippen molar-refractivity contribution in [2.75, 3.05) is 13.1 Å². The van der Waals surface area contributed by atoms with E-state index in [9.17, 15) is 0 Å². The van der Waals surface area contributed by atoms with Gasteiger partial charge in [0.25, 0.3) is 0 Å². The van der Waals surface area contributed by atoms with E-state index in [1.54, 1.807) is 0 Å². The zero-order chi connectivity index (χ0) is 13.8. The largest absolute Gasteiger partial charge is 0.324 e. The fourth-order valence-corrected chi connectivity index (χ4v) is 3.35. The second-order valence-electron chi connectivity index (χ2n) is 6.06. The van der Waals surface area contributed by atoms with Gasteiger partial charge in [0, 0.05) is 18.6 Å². The lowest BCUT2D eigenvalue weighted by Gasteiger charge is -2.25. The molecule has 106 valence electrons. The fraction of sp³-hybridized carbons (Fsp3) is 0.647. The molecule has 0 radical (unpaired) electrons. The first-order valence-electron chi connectivity index (χ1n) is 7.68. The quantitative estimate of drug-likeness (QED) is 0.877. The van der Waals surface area contributed by atoms with Crippen molar-refractivity contribution in [2.24, 2.45) is 5.73 Å². The summed E-state index contributed by atoms with van der Waals surface area (Å²) in [4.78, 5) is 2.63. The van der Waals surface area contributed by atoms with Crippen LogP contribution in [0.2, 0.25) is 0 Å². The lowest BCUT2D eigenvalue weighted by atomic mass is 9.99. The Hall–Kier alpha value is -0.860. The predicted molar refractivity (Wildman–Crippen MR) is 82.3 cm³/mol. The van der Waals surface area contributed by atoms with E-state index in [0.29, 0.717) is 0 Å². The fourth-order valence-electron chi connectivity index (χ4n) is 3.35. The van der Waals surface area contributed by atoms with Crippen molar-refractivity contribution >= 4 is 0 Å². The smallest absolute Gasteiger partial charge is 0.0307 e. The molecule has 2 nitrogen and oxygen atoms in total. The molecule has 2 N–H and O–H groups in total. The van der Waals surface area contributed by atoms with Gasteiger partial charge in [-0.25, -0.2) is 0 Å². The highest BCUT2D eigenvalue weighted by Crippen LogP contribution is 2.23. The van der Waals surface area contributed by atoms with Crippen LogP contribution >= 0.6 is 0 Å². The van der Waals surface area contributed by atoms with E-state index in [0.717, 1.165) is 19.0 Å². The van der Waals surface area contributed by atoms with E-state index in [1.165, 1.54) is 42.5 Å². The van der Waals surface area contributed by atoms with Crippen LogP contribution in [0.5, 0.6) is 0 Å². The Balaban J connectivity index is 1.91. The molecular formula is C17H28N2. The third-order valence-electron chi connectivity index (χ3n) is 4.37. The van der Waals surface area contributed by atoms with Crippen LogP contribution in [0.3, 0.4) is 0 Å². The van der Waals surface area contributed by atoms with Gasteiger partial charge in [0.15, 0.2) is 0 Å². The lowest BCUT2D eigenvalue weighted by Crippen LogP contribution is -2.31. The van der Waals surface area contributed by atoms with E-state index in [4.69, 9.17) is 5.73 Å². The Morgan fingerprint density at radius 2 is 1.95 bits per heavy atom. The lowest BCUT2D eigenvalue weighted by molar-refractivity contribution is 0.239. The van der Waals surface area contributed by atoms with Crippen LogP contribution < -0.4 is 5.73 Å². The van der Waals surface area contributed by atoms with Crippen molar-refractivity contribution in [1.29, 1.82) is 0 Å². The zero-order valence-electron chi connectivity index (χ0n) is 12.7. The van der Waals surface area contributed by atoms with Crippen LogP contribution in [0, 0.1) is 13.8 Å². The van der Waals surface area contributed by atoms with Crippen LogP contribution in [0.15, 0.2) is 18.2 Å². The standard InChI is InChI=1S/C17H28N2/c1-4-16-6-5-8-19(16)9-7-17(18)15-11-13(2)10-14(3)12-15/h10-12,16-17H,4-9,18H2,1-3H3. The molecule has 19 heavy (non-hydrogen) atoms. The van der Waals surface area contributed by atoms with Crippen molar-refractivity contribution < 1.29 is 0 Å². The molecule has 1 aliphatic rings. The second-order valence-corrected chi connectivity index (χ2v) is 6.06. The molecule has 2 unspecified atom stereocenters. The van der Waals surface area contributed by atoms with E-state index < -0.39 is 0 Å². The van der Waals surface area contributed by atoms with Crippen LogP contribution in [0.1, 0.15) is 55.3 Å². The summed E-state index contributed by atoms with van der Waals surface area (Å²) >= 11 is 0. The topological polar surface area (TPSA) is 29.3 Å². The maximum absolute atomic E-state index is 6.37. The summed E-state index contributed by atoms with van der Waals surface area (Å²) in [5.74, 6) is 0. The summed E-state index contributed by atoms with van der Waals surface area (Å²) in [5.41, 5.74) is 10.3. The van der Waals surface area contributed by atoms with Gasteiger partial charge in [-0.3, -0.25) is 0 Å². The maximum atomic E-state index is 6.37. The first kappa shape index (κ1) is 14.5. The summed E-state index contributed by atoms with van der Waals surface area (Å²) in [6.45, 7) is 9.01. The number of likely N-dealkylation sites (tertiary alicyclic amines) is 1. The molecule has 2 heteroatoms. The third kappa shape index (κ3) is 3.80. The second kappa shape index (κ2) is 6.53. The van der Waals surface area contributed by atoms with E-state index in [-0.39, 0.29) is 6.04 Å². The molecule has 2 rings (SSSR count). The van der Waals surface area contributed by atoms with Crippen LogP contribution in [0.25, 0.3) is 0 Å². The molecule has 0 aliphatic carbocycles. The molecule has 1 aromatic rings. The highest BCUT2D eigenvalue weighted by atomic mass is 15.2. The average Bonchev–Trinajstić information content (AvgIpc) is 2.82. The first-order chi connectivity index (χ1) is 9.10. The van der Waals surface area contributed by atoms with Crippen LogP contribution in [-0.4, -0.2) is 24.0 Å². The van der Waals surface area contributed by atoms with Crippen LogP contribution in [-0.2, 0) is 0 Å². The Morgan fingerprint density at radius 1 is 1.26 bits per heavy atom. The highest BCUT2D eigenvalue weighted by molar-refractivity contribution is 5.30. The van der Waals surface area contributed by atoms with Gasteiger partial charge >= 0.3 is 0 Å². The summed E-state index contributed by atoms with van der Waals surface area (Å²) in [7, 11) is 0. The molecule has 1 aromatic carbocycles. The molecule has 1 fully saturated rings. The summed E-state index contributed by atoms with van der Waals surface area (Å²) < 4.78 is 0. The predicted octanol–water partition coefficient (Wildman–Crippen LogP) is 3.57. The van der Waals surface area contributed by atoms with Crippen LogP contribution in [0.4, 0.5) is 0 Å². The first-order valence-corrected chi connectivity index (χ1v) is 7.68. The van der Waals surface area contributed by atoms with Gasteiger partial charge in [-0.1, -0.05) is 36.2 Å². The molecule has 0 spiro atoms. The number of rotatable bonds is 5. The monoisotopic (exact) mass is 260 g/mol. The number of aryl methyl sites for hydroxylation is 2. The summed E-state index contributed by atoms with van der Waals surface area (Å²) in [6, 6.07) is 7.66. The van der Waals surface area contributed by atoms with E-state index in [1.807, 2.05) is 0 Å². The van der Waals surface area contributed by atoms with Gasteiger partial charge in [0.05, 0.1) is 0 Å². The maximum Gasteiger partial charge on any atom is 0.0307 e. The Labute approximate surface area is 118 Å². The highest BCUT2D eigenvalue weighted by Gasteiger charge is 2.22. The van der Waals surface area contributed by atoms with Crippen molar-refractivity contribution in [1.82, 2.24) is 4.90 Å². The molecule has 0 bridgehead atoms. The normalized spacial score (nSPS) is 21.8. The Morgan fingerprint density at radius 3 is 2.58 bits per heavy atom. The number of benzene rings is 1. The van der Waals surface area contributed by atoms with Crippen molar-refractivity contribution in [2.45, 2.75) is 58.5 Å². The average molecular weight is 260 g/mol. The zero-order valence-corrected chi connectivity index (χ0v) is 12.7. The summed E-state index contributed by atoms with van der Waals surface area (Å²) in [5, 5.41) is 0. The van der Waals surface area contributed by atoms with E-state index in [2.05, 4.69) is 43.9 Å². The minimum Gasteiger partial charge on any atom is -0.324 e. The van der Waals surface area contributed by atoms with Gasteiger partial charge in [-0.2, -0.15) is 0 Å². The van der Waals surface area contributed by atoms with Gasteiger partial charge in [-0.15, -0.1) is 0 Å². The van der Waals surface area contributed by atoms with Crippen molar-refractivity contribution in [3.8, 4) is 0 Å². The number of hydrogen-bond acceptors (Lipinski definition) is 2. The minimum atomic E-state index is 0.178. The van der Waals surface area contributed by atoms with Gasteiger partial charge in [0.2, 0.25) is 0 Å². The Bertz CT molecular complexity index is 393. The minimum absolute atomic E-state index is 0.178. The molecule has 1 saturated heterocycles. The molecule has 0 saturated carbocycles. The Kier molecular flexibility index (Phi) is 5.00. The van der Waals surface area contributed by atoms with Crippen molar-refractivity contribution in [3.05, 3.63) is 34.9 Å². The summed E-state index contributed by atoms with van der Waals surface area (Å²) in [6.07, 6.45) is 5.07. The molecule has 0 amide bonds. The third-order valence-corrected chi connectivity index (χ3v) is 4.37. The van der Waals surface area contributed by atoms with E-state index >= 15 is 0 Å². The SMILES string of the molecule is CCC1CCCN1CCC(N)c1cc(C)cc(C)c1. The van der Waals surface area contributed by atoms with Crippen molar-refractivity contribution in [3.63, 3.8) is 0 Å². The molecule has 0 aromatic heterocycles. The van der Waals surface area contributed by atoms with Gasteiger partial charge < -0.3 is 10.6 Å². The van der Waals surface area contributed by atoms with Gasteiger partial charge in [-0.05, 0) is 51.6 Å². The van der Waals surface area contributed by atoms with Gasteiger partial charge in [0.1, 0.15) is 0 Å². The molecule has 2 atom stereocenters. The molecular weight excluding hydrogens is 232 g/mol. The molecule has 1 aliphatic heterocycles. The number of nitrogens with two attached hydrogens (primary N) is 1. The molecule has 1 heterocycles.